The van der Waals surface area contributed by atoms with Crippen molar-refractivity contribution in [2.75, 3.05) is 24.0 Å². The first-order valence-electron chi connectivity index (χ1n) is 8.38. The van der Waals surface area contributed by atoms with Gasteiger partial charge < -0.3 is 15.4 Å². The number of benzene rings is 1. The minimum absolute atomic E-state index is 0.147. The Balaban J connectivity index is 1.91. The minimum atomic E-state index is -0.183. The van der Waals surface area contributed by atoms with Crippen LogP contribution in [0.2, 0.25) is 0 Å². The Hall–Kier alpha value is -2.48. The molecule has 1 amide bonds. The van der Waals surface area contributed by atoms with Gasteiger partial charge in [-0.2, -0.15) is 4.98 Å². The van der Waals surface area contributed by atoms with Gasteiger partial charge in [-0.25, -0.2) is 4.68 Å². The number of rotatable bonds is 5. The Labute approximate surface area is 157 Å². The number of hydrogen-bond donors (Lipinski definition) is 2. The maximum absolute atomic E-state index is 13.0. The van der Waals surface area contributed by atoms with Crippen LogP contribution < -0.4 is 15.4 Å². The van der Waals surface area contributed by atoms with E-state index in [4.69, 9.17) is 4.74 Å². The molecule has 0 spiro atoms. The Morgan fingerprint density at radius 3 is 2.62 bits per heavy atom. The van der Waals surface area contributed by atoms with Gasteiger partial charge in [0.1, 0.15) is 5.75 Å². The van der Waals surface area contributed by atoms with E-state index in [1.165, 1.54) is 11.8 Å². The van der Waals surface area contributed by atoms with Crippen LogP contribution in [-0.2, 0) is 4.79 Å². The first-order chi connectivity index (χ1) is 12.4. The monoisotopic (exact) mass is 373 g/mol. The first-order valence-corrected chi connectivity index (χ1v) is 9.60. The van der Waals surface area contributed by atoms with Crippen LogP contribution in [0.1, 0.15) is 26.8 Å². The lowest BCUT2D eigenvalue weighted by molar-refractivity contribution is -0.113. The minimum Gasteiger partial charge on any atom is -0.497 e. The summed E-state index contributed by atoms with van der Waals surface area (Å²) in [5, 5.41) is 11.4. The molecule has 2 heterocycles. The number of amides is 1. The number of nitrogens with zero attached hydrogens (tertiary/aromatic N) is 3. The van der Waals surface area contributed by atoms with Crippen LogP contribution in [0.4, 0.5) is 11.6 Å². The van der Waals surface area contributed by atoms with Crippen molar-refractivity contribution in [1.29, 1.82) is 0 Å². The van der Waals surface area contributed by atoms with E-state index in [0.717, 1.165) is 11.4 Å². The predicted molar refractivity (Wildman–Crippen MR) is 104 cm³/mol. The number of carbonyl (C=O) groups excluding carboxylic acids is 1. The summed E-state index contributed by atoms with van der Waals surface area (Å²) in [6.07, 6.45) is 1.93. The van der Waals surface area contributed by atoms with Crippen LogP contribution in [0.5, 0.6) is 5.75 Å². The number of allylic oxidation sites excluding steroid dienone is 1. The van der Waals surface area contributed by atoms with Crippen LogP contribution in [-0.4, -0.2) is 34.0 Å². The quantitative estimate of drug-likeness (QED) is 0.780. The second-order valence-electron chi connectivity index (χ2n) is 6.40. The van der Waals surface area contributed by atoms with Gasteiger partial charge in [0.15, 0.2) is 0 Å². The molecule has 0 unspecified atom stereocenters. The maximum atomic E-state index is 13.0. The zero-order valence-corrected chi connectivity index (χ0v) is 16.3. The van der Waals surface area contributed by atoms with E-state index in [1.807, 2.05) is 42.1 Å². The van der Waals surface area contributed by atoms with Gasteiger partial charge in [-0.1, -0.05) is 25.6 Å². The highest BCUT2D eigenvalue weighted by molar-refractivity contribution is 7.98. The van der Waals surface area contributed by atoms with E-state index in [0.29, 0.717) is 22.4 Å². The van der Waals surface area contributed by atoms with E-state index in [9.17, 15) is 4.79 Å². The molecule has 1 atom stereocenters. The largest absolute Gasteiger partial charge is 0.497 e. The van der Waals surface area contributed by atoms with Gasteiger partial charge in [-0.05, 0) is 43.4 Å². The molecule has 2 N–H and O–H groups in total. The van der Waals surface area contributed by atoms with Gasteiger partial charge >= 0.3 is 0 Å². The van der Waals surface area contributed by atoms with Gasteiger partial charge in [0, 0.05) is 11.4 Å². The second kappa shape index (κ2) is 7.41. The summed E-state index contributed by atoms with van der Waals surface area (Å²) in [5.41, 5.74) is 2.18. The highest BCUT2D eigenvalue weighted by Gasteiger charge is 2.34. The normalized spacial score (nSPS) is 16.3. The van der Waals surface area contributed by atoms with Gasteiger partial charge in [0.2, 0.25) is 11.1 Å². The van der Waals surface area contributed by atoms with Crippen LogP contribution in [0.15, 0.2) is 40.7 Å². The lowest BCUT2D eigenvalue weighted by Crippen LogP contribution is -2.33. The molecule has 3 rings (SSSR count). The summed E-state index contributed by atoms with van der Waals surface area (Å²) < 4.78 is 6.97. The van der Waals surface area contributed by atoms with Crippen LogP contribution in [0, 0.1) is 5.92 Å². The maximum Gasteiger partial charge on any atom is 0.255 e. The standard InChI is InChI=1S/C18H23N5O2S/c1-10(2)15-14(11(3)19-17-21-18(26-5)22-23(15)17)16(24)20-12-6-8-13(25-4)9-7-12/h6-10,15H,1-5H3,(H,20,24)(H,19,21,22)/t15-/m1/s1. The van der Waals surface area contributed by atoms with Crippen molar-refractivity contribution in [3.8, 4) is 5.75 Å². The number of methoxy groups -OCH3 is 1. The molecule has 8 heteroatoms. The van der Waals surface area contributed by atoms with E-state index in [1.54, 1.807) is 7.11 Å². The van der Waals surface area contributed by atoms with E-state index in [-0.39, 0.29) is 17.9 Å². The molecule has 0 saturated heterocycles. The Morgan fingerprint density at radius 2 is 2.04 bits per heavy atom. The third-order valence-corrected chi connectivity index (χ3v) is 4.82. The molecule has 0 fully saturated rings. The summed E-state index contributed by atoms with van der Waals surface area (Å²) in [7, 11) is 1.61. The van der Waals surface area contributed by atoms with Crippen molar-refractivity contribution in [3.05, 3.63) is 35.5 Å². The highest BCUT2D eigenvalue weighted by Crippen LogP contribution is 2.36. The molecule has 0 radical (unpaired) electrons. The Morgan fingerprint density at radius 1 is 1.35 bits per heavy atom. The molecule has 0 aliphatic carbocycles. The SMILES string of the molecule is COc1ccc(NC(=O)C2=C(C)Nc3nc(SC)nn3[C@@H]2C(C)C)cc1. The van der Waals surface area contributed by atoms with Crippen molar-refractivity contribution in [2.24, 2.45) is 5.92 Å². The molecule has 7 nitrogen and oxygen atoms in total. The fourth-order valence-corrected chi connectivity index (χ4v) is 3.39. The molecule has 1 aliphatic rings. The van der Waals surface area contributed by atoms with Crippen LogP contribution >= 0.6 is 11.8 Å². The van der Waals surface area contributed by atoms with E-state index >= 15 is 0 Å². The van der Waals surface area contributed by atoms with Crippen LogP contribution in [0.3, 0.4) is 0 Å². The number of fused-ring (bicyclic) bond motifs is 1. The Bertz CT molecular complexity index is 842. The predicted octanol–water partition coefficient (Wildman–Crippen LogP) is 3.54. The van der Waals surface area contributed by atoms with E-state index in [2.05, 4.69) is 34.6 Å². The second-order valence-corrected chi connectivity index (χ2v) is 7.18. The molecule has 0 saturated carbocycles. The average Bonchev–Trinajstić information content (AvgIpc) is 3.03. The summed E-state index contributed by atoms with van der Waals surface area (Å²) in [4.78, 5) is 17.5. The fourth-order valence-electron chi connectivity index (χ4n) is 3.04. The molecule has 1 aromatic carbocycles. The van der Waals surface area contributed by atoms with Gasteiger partial charge in [0.05, 0.1) is 18.7 Å². The summed E-state index contributed by atoms with van der Waals surface area (Å²) in [5.74, 6) is 1.45. The number of carbonyl (C=O) groups is 1. The number of nitrogens with one attached hydrogen (secondary N) is 2. The summed E-state index contributed by atoms with van der Waals surface area (Å²) in [6.45, 7) is 6.05. The van der Waals surface area contributed by atoms with Crippen molar-refractivity contribution >= 4 is 29.3 Å². The molecule has 0 bridgehead atoms. The lowest BCUT2D eigenvalue weighted by atomic mass is 9.92. The van der Waals surface area contributed by atoms with E-state index < -0.39 is 0 Å². The molecule has 138 valence electrons. The van der Waals surface area contributed by atoms with Crippen LogP contribution in [0.25, 0.3) is 0 Å². The molecule has 1 aliphatic heterocycles. The fraction of sp³-hybridized carbons (Fsp3) is 0.389. The van der Waals surface area contributed by atoms with Gasteiger partial charge in [-0.15, -0.1) is 5.10 Å². The number of thioether (sulfide) groups is 1. The van der Waals surface area contributed by atoms with Gasteiger partial charge in [-0.3, -0.25) is 4.79 Å². The Kier molecular flexibility index (Phi) is 5.22. The number of aromatic nitrogens is 3. The lowest BCUT2D eigenvalue weighted by Gasteiger charge is -2.30. The first kappa shape index (κ1) is 18.3. The number of ether oxygens (including phenoxy) is 1. The van der Waals surface area contributed by atoms with Crippen molar-refractivity contribution in [1.82, 2.24) is 14.8 Å². The smallest absolute Gasteiger partial charge is 0.255 e. The number of anilines is 2. The average molecular weight is 373 g/mol. The van der Waals surface area contributed by atoms with Crippen molar-refractivity contribution in [3.63, 3.8) is 0 Å². The molecular weight excluding hydrogens is 350 g/mol. The third-order valence-electron chi connectivity index (χ3n) is 4.28. The zero-order chi connectivity index (χ0) is 18.8. The topological polar surface area (TPSA) is 81.1 Å². The molecule has 1 aromatic heterocycles. The summed E-state index contributed by atoms with van der Waals surface area (Å²) >= 11 is 1.48. The molecular formula is C18H23N5O2S. The highest BCUT2D eigenvalue weighted by atomic mass is 32.2. The van der Waals surface area contributed by atoms with Gasteiger partial charge in [0.25, 0.3) is 5.91 Å². The number of hydrogen-bond acceptors (Lipinski definition) is 6. The van der Waals surface area contributed by atoms with Crippen molar-refractivity contribution in [2.45, 2.75) is 32.0 Å². The zero-order valence-electron chi connectivity index (χ0n) is 15.5. The molecule has 2 aromatic rings. The van der Waals surface area contributed by atoms with Crippen molar-refractivity contribution < 1.29 is 9.53 Å². The third kappa shape index (κ3) is 3.41. The molecule has 26 heavy (non-hydrogen) atoms. The summed E-state index contributed by atoms with van der Waals surface area (Å²) in [6, 6.07) is 7.09.